The van der Waals surface area contributed by atoms with Crippen LogP contribution in [0.25, 0.3) is 22.2 Å². The number of anilines is 1. The second-order valence-electron chi connectivity index (χ2n) is 9.64. The molecule has 202 valence electrons. The third-order valence-electron chi connectivity index (χ3n) is 7.01. The molecule has 0 aliphatic carbocycles. The maximum atomic E-state index is 13.2. The first-order valence-corrected chi connectivity index (χ1v) is 13.9. The Morgan fingerprint density at radius 1 is 1.15 bits per heavy atom. The summed E-state index contributed by atoms with van der Waals surface area (Å²) in [5.41, 5.74) is 1.37. The van der Waals surface area contributed by atoms with Crippen LogP contribution < -0.4 is 10.3 Å². The number of carbonyl (C=O) groups excluding carboxylic acids is 1. The third kappa shape index (κ3) is 5.33. The van der Waals surface area contributed by atoms with Gasteiger partial charge in [0.05, 0.1) is 24.0 Å². The van der Waals surface area contributed by atoms with Gasteiger partial charge in [-0.1, -0.05) is 36.9 Å². The fourth-order valence-electron chi connectivity index (χ4n) is 4.77. The Kier molecular flexibility index (Phi) is 6.83. The lowest BCUT2D eigenvalue weighted by Crippen LogP contribution is -2.49. The van der Waals surface area contributed by atoms with Crippen LogP contribution in [0.4, 0.5) is 5.69 Å². The molecular formula is C27H28N6O5S. The average Bonchev–Trinajstić information content (AvgIpc) is 3.31. The van der Waals surface area contributed by atoms with E-state index in [2.05, 4.69) is 21.4 Å². The smallest absolute Gasteiger partial charge is 0.264 e. The van der Waals surface area contributed by atoms with Crippen molar-refractivity contribution in [2.45, 2.75) is 25.0 Å². The number of nitrogens with one attached hydrogen (secondary N) is 1. The van der Waals surface area contributed by atoms with E-state index in [0.717, 1.165) is 11.0 Å². The number of aliphatic hydroxyl groups is 1. The minimum atomic E-state index is -3.67. The van der Waals surface area contributed by atoms with Crippen molar-refractivity contribution in [3.8, 4) is 11.1 Å². The zero-order valence-corrected chi connectivity index (χ0v) is 22.1. The second kappa shape index (κ2) is 10.1. The van der Waals surface area contributed by atoms with E-state index in [9.17, 15) is 23.1 Å². The Morgan fingerprint density at radius 3 is 2.54 bits per heavy atom. The lowest BCUT2D eigenvalue weighted by atomic mass is 9.90. The number of likely N-dealkylation sites (tertiary alicyclic amines) is 1. The molecule has 1 aliphatic heterocycles. The number of aryl methyl sites for hydroxylation is 1. The first-order valence-electron chi connectivity index (χ1n) is 12.3. The standard InChI is InChI=1S/C27H28N6O5S/c1-3-39(37,38)30-23-7-5-4-6-21(23)19-8-10-20(11-9-19)25(34)32-14-12-27(36,13-15-32)17-33-18-28-24-22(26(33)35)16-29-31(24)2/h3-11,16,18,30,36H,1,12-15,17H2,2H3. The molecule has 11 nitrogen and oxygen atoms in total. The minimum Gasteiger partial charge on any atom is -0.388 e. The molecule has 39 heavy (non-hydrogen) atoms. The molecule has 0 atom stereocenters. The Labute approximate surface area is 225 Å². The number of benzene rings is 2. The molecule has 0 bridgehead atoms. The molecule has 0 radical (unpaired) electrons. The summed E-state index contributed by atoms with van der Waals surface area (Å²) in [7, 11) is -1.97. The van der Waals surface area contributed by atoms with Gasteiger partial charge in [0.1, 0.15) is 11.7 Å². The van der Waals surface area contributed by atoms with E-state index in [-0.39, 0.29) is 18.0 Å². The number of carbonyl (C=O) groups is 1. The summed E-state index contributed by atoms with van der Waals surface area (Å²) in [6.07, 6.45) is 3.51. The highest BCUT2D eigenvalue weighted by molar-refractivity contribution is 7.95. The summed E-state index contributed by atoms with van der Waals surface area (Å²) in [5, 5.41) is 16.5. The molecule has 5 rings (SSSR count). The topological polar surface area (TPSA) is 139 Å². The number of nitrogens with zero attached hydrogens (tertiary/aromatic N) is 5. The third-order valence-corrected chi connectivity index (χ3v) is 7.95. The van der Waals surface area contributed by atoms with Crippen molar-refractivity contribution in [2.75, 3.05) is 17.8 Å². The van der Waals surface area contributed by atoms with Crippen molar-refractivity contribution in [3.05, 3.63) is 89.0 Å². The summed E-state index contributed by atoms with van der Waals surface area (Å²) in [5.74, 6) is -0.167. The number of hydrogen-bond donors (Lipinski definition) is 2. The molecule has 2 aromatic heterocycles. The van der Waals surface area contributed by atoms with E-state index in [1.807, 2.05) is 0 Å². The summed E-state index contributed by atoms with van der Waals surface area (Å²) >= 11 is 0. The summed E-state index contributed by atoms with van der Waals surface area (Å²) < 4.78 is 29.3. The van der Waals surface area contributed by atoms with E-state index in [1.165, 1.54) is 21.8 Å². The summed E-state index contributed by atoms with van der Waals surface area (Å²) in [6.45, 7) is 4.07. The van der Waals surface area contributed by atoms with Gasteiger partial charge in [0.25, 0.3) is 21.5 Å². The zero-order chi connectivity index (χ0) is 27.8. The van der Waals surface area contributed by atoms with E-state index in [4.69, 9.17) is 0 Å². The van der Waals surface area contributed by atoms with Crippen LogP contribution in [0.5, 0.6) is 0 Å². The fourth-order valence-corrected chi connectivity index (χ4v) is 5.34. The van der Waals surface area contributed by atoms with Crippen molar-refractivity contribution in [1.29, 1.82) is 0 Å². The van der Waals surface area contributed by atoms with Crippen LogP contribution in [0.1, 0.15) is 23.2 Å². The molecule has 12 heteroatoms. The first kappa shape index (κ1) is 26.3. The molecule has 3 heterocycles. The predicted octanol–water partition coefficient (Wildman–Crippen LogP) is 2.35. The lowest BCUT2D eigenvalue weighted by Gasteiger charge is -2.38. The number of hydrogen-bond acceptors (Lipinski definition) is 7. The highest BCUT2D eigenvalue weighted by atomic mass is 32.2. The van der Waals surface area contributed by atoms with Gasteiger partial charge in [-0.3, -0.25) is 23.6 Å². The van der Waals surface area contributed by atoms with Crippen molar-refractivity contribution in [3.63, 3.8) is 0 Å². The van der Waals surface area contributed by atoms with Gasteiger partial charge in [-0.15, -0.1) is 0 Å². The van der Waals surface area contributed by atoms with Crippen LogP contribution in [0.2, 0.25) is 0 Å². The quantitative estimate of drug-likeness (QED) is 0.361. The SMILES string of the molecule is C=CS(=O)(=O)Nc1ccccc1-c1ccc(C(=O)N2CCC(O)(Cn3cnc4c(cnn4C)c3=O)CC2)cc1. The number of para-hydroxylation sites is 1. The van der Waals surface area contributed by atoms with E-state index in [0.29, 0.717) is 53.8 Å². The number of sulfonamides is 1. The molecular weight excluding hydrogens is 520 g/mol. The highest BCUT2D eigenvalue weighted by Crippen LogP contribution is 2.30. The Hall–Kier alpha value is -4.29. The summed E-state index contributed by atoms with van der Waals surface area (Å²) in [6, 6.07) is 13.9. The van der Waals surface area contributed by atoms with Gasteiger partial charge < -0.3 is 10.0 Å². The molecule has 0 unspecified atom stereocenters. The van der Waals surface area contributed by atoms with Crippen molar-refractivity contribution in [2.24, 2.45) is 7.05 Å². The average molecular weight is 549 g/mol. The molecule has 1 fully saturated rings. The Bertz CT molecular complexity index is 1720. The number of piperidine rings is 1. The van der Waals surface area contributed by atoms with Gasteiger partial charge in [0.15, 0.2) is 5.65 Å². The van der Waals surface area contributed by atoms with Crippen molar-refractivity contribution in [1.82, 2.24) is 24.2 Å². The van der Waals surface area contributed by atoms with Crippen molar-refractivity contribution < 1.29 is 18.3 Å². The maximum Gasteiger partial charge on any atom is 0.264 e. The fraction of sp³-hybridized carbons (Fsp3) is 0.259. The molecule has 2 N–H and O–H groups in total. The van der Waals surface area contributed by atoms with Crippen LogP contribution in [0.15, 0.2) is 77.8 Å². The van der Waals surface area contributed by atoms with E-state index in [1.54, 1.807) is 60.5 Å². The molecule has 1 saturated heterocycles. The second-order valence-corrected chi connectivity index (χ2v) is 11.3. The van der Waals surface area contributed by atoms with Gasteiger partial charge in [-0.05, 0) is 36.6 Å². The van der Waals surface area contributed by atoms with Gasteiger partial charge in [0.2, 0.25) is 0 Å². The normalized spacial score (nSPS) is 15.3. The van der Waals surface area contributed by atoms with Gasteiger partial charge in [0, 0.05) is 36.7 Å². The molecule has 0 saturated carbocycles. The van der Waals surface area contributed by atoms with Gasteiger partial charge >= 0.3 is 0 Å². The van der Waals surface area contributed by atoms with E-state index < -0.39 is 15.6 Å². The Balaban J connectivity index is 1.26. The summed E-state index contributed by atoms with van der Waals surface area (Å²) in [4.78, 5) is 32.0. The first-order chi connectivity index (χ1) is 18.6. The maximum absolute atomic E-state index is 13.2. The van der Waals surface area contributed by atoms with Gasteiger partial charge in [-0.2, -0.15) is 5.10 Å². The number of rotatable bonds is 7. The molecule has 0 spiro atoms. The predicted molar refractivity (Wildman–Crippen MR) is 147 cm³/mol. The monoisotopic (exact) mass is 548 g/mol. The number of amides is 1. The number of aromatic nitrogens is 4. The highest BCUT2D eigenvalue weighted by Gasteiger charge is 2.35. The largest absolute Gasteiger partial charge is 0.388 e. The molecule has 1 amide bonds. The van der Waals surface area contributed by atoms with Crippen LogP contribution in [-0.2, 0) is 23.6 Å². The van der Waals surface area contributed by atoms with E-state index >= 15 is 0 Å². The van der Waals surface area contributed by atoms with Gasteiger partial charge in [-0.25, -0.2) is 13.4 Å². The van der Waals surface area contributed by atoms with Crippen LogP contribution in [0.3, 0.4) is 0 Å². The molecule has 4 aromatic rings. The van der Waals surface area contributed by atoms with Crippen LogP contribution in [0, 0.1) is 0 Å². The minimum absolute atomic E-state index is 0.0788. The van der Waals surface area contributed by atoms with Crippen LogP contribution >= 0.6 is 0 Å². The number of fused-ring (bicyclic) bond motifs is 1. The lowest BCUT2D eigenvalue weighted by molar-refractivity contribution is -0.0299. The molecule has 2 aromatic carbocycles. The van der Waals surface area contributed by atoms with Crippen LogP contribution in [-0.4, -0.2) is 62.4 Å². The molecule has 1 aliphatic rings. The zero-order valence-electron chi connectivity index (χ0n) is 21.3. The Morgan fingerprint density at radius 2 is 1.85 bits per heavy atom. The van der Waals surface area contributed by atoms with Crippen molar-refractivity contribution >= 4 is 32.7 Å².